The van der Waals surface area contributed by atoms with Gasteiger partial charge in [0, 0.05) is 41.8 Å². The number of nitrogens with zero attached hydrogens (tertiary/aromatic N) is 2. The molecule has 4 heteroatoms. The Morgan fingerprint density at radius 1 is 1.29 bits per heavy atom. The Bertz CT molecular complexity index is 746. The molecule has 108 valence electrons. The minimum absolute atomic E-state index is 0.130. The SMILES string of the molecule is Cn1cc(C(=O)N2C=C3SCCC3CC2)c2ccccc21. The molecule has 0 saturated carbocycles. The normalized spacial score (nSPS) is 21.5. The molecule has 3 heterocycles. The fourth-order valence-corrected chi connectivity index (χ4v) is 4.66. The van der Waals surface area contributed by atoms with E-state index in [1.54, 1.807) is 0 Å². The molecule has 0 radical (unpaired) electrons. The maximum Gasteiger partial charge on any atom is 0.260 e. The van der Waals surface area contributed by atoms with Gasteiger partial charge in [-0.1, -0.05) is 18.2 Å². The number of hydrogen-bond donors (Lipinski definition) is 0. The number of hydrogen-bond acceptors (Lipinski definition) is 2. The van der Waals surface area contributed by atoms with E-state index in [2.05, 4.69) is 12.3 Å². The van der Waals surface area contributed by atoms with Gasteiger partial charge in [-0.05, 0) is 30.6 Å². The van der Waals surface area contributed by atoms with Crippen LogP contribution >= 0.6 is 11.8 Å². The highest BCUT2D eigenvalue weighted by Crippen LogP contribution is 2.41. The van der Waals surface area contributed by atoms with E-state index in [0.29, 0.717) is 5.92 Å². The van der Waals surface area contributed by atoms with Crippen LogP contribution in [-0.4, -0.2) is 27.7 Å². The van der Waals surface area contributed by atoms with E-state index >= 15 is 0 Å². The molecule has 1 aromatic heterocycles. The highest BCUT2D eigenvalue weighted by molar-refractivity contribution is 8.03. The Morgan fingerprint density at radius 3 is 3.05 bits per heavy atom. The predicted molar refractivity (Wildman–Crippen MR) is 87.2 cm³/mol. The molecule has 1 atom stereocenters. The first-order valence-electron chi connectivity index (χ1n) is 7.43. The summed E-state index contributed by atoms with van der Waals surface area (Å²) in [4.78, 5) is 16.2. The Kier molecular flexibility index (Phi) is 3.07. The molecule has 1 saturated heterocycles. The highest BCUT2D eigenvalue weighted by atomic mass is 32.2. The van der Waals surface area contributed by atoms with Gasteiger partial charge in [0.15, 0.2) is 0 Å². The summed E-state index contributed by atoms with van der Waals surface area (Å²) in [6, 6.07) is 8.10. The number of allylic oxidation sites excluding steroid dienone is 1. The smallest absolute Gasteiger partial charge is 0.260 e. The van der Waals surface area contributed by atoms with Crippen LogP contribution in [-0.2, 0) is 7.05 Å². The minimum Gasteiger partial charge on any atom is -0.350 e. The maximum atomic E-state index is 12.9. The molecular weight excluding hydrogens is 280 g/mol. The molecule has 4 rings (SSSR count). The summed E-state index contributed by atoms with van der Waals surface area (Å²) in [5.74, 6) is 2.03. The van der Waals surface area contributed by atoms with Crippen LogP contribution in [0.15, 0.2) is 41.6 Å². The molecule has 2 aromatic rings. The third-order valence-corrected chi connectivity index (χ3v) is 5.74. The number of fused-ring (bicyclic) bond motifs is 2. The molecular formula is C17H18N2OS. The van der Waals surface area contributed by atoms with Gasteiger partial charge in [0.1, 0.15) is 0 Å². The molecule has 0 aliphatic carbocycles. The van der Waals surface area contributed by atoms with Crippen LogP contribution in [0.4, 0.5) is 0 Å². The second kappa shape index (κ2) is 4.95. The Balaban J connectivity index is 1.72. The van der Waals surface area contributed by atoms with Crippen LogP contribution in [0.5, 0.6) is 0 Å². The first kappa shape index (κ1) is 13.0. The quantitative estimate of drug-likeness (QED) is 0.803. The Labute approximate surface area is 128 Å². The average Bonchev–Trinajstić information content (AvgIpc) is 3.11. The molecule has 1 unspecified atom stereocenters. The fraction of sp³-hybridized carbons (Fsp3) is 0.353. The summed E-state index contributed by atoms with van der Waals surface area (Å²) in [5, 5.41) is 1.05. The number of aromatic nitrogens is 1. The first-order chi connectivity index (χ1) is 10.2. The second-order valence-electron chi connectivity index (χ2n) is 5.82. The number of aryl methyl sites for hydroxylation is 1. The lowest BCUT2D eigenvalue weighted by Gasteiger charge is -2.27. The van der Waals surface area contributed by atoms with E-state index in [9.17, 15) is 4.79 Å². The molecule has 3 nitrogen and oxygen atoms in total. The second-order valence-corrected chi connectivity index (χ2v) is 6.99. The van der Waals surface area contributed by atoms with Gasteiger partial charge in [-0.25, -0.2) is 0 Å². The molecule has 2 aliphatic heterocycles. The zero-order valence-corrected chi connectivity index (χ0v) is 12.9. The molecule has 0 spiro atoms. The van der Waals surface area contributed by atoms with Crippen LogP contribution in [0.25, 0.3) is 10.9 Å². The molecule has 1 fully saturated rings. The van der Waals surface area contributed by atoms with E-state index in [1.807, 2.05) is 52.7 Å². The van der Waals surface area contributed by atoms with E-state index < -0.39 is 0 Å². The van der Waals surface area contributed by atoms with Crippen molar-refractivity contribution in [3.8, 4) is 0 Å². The number of carbonyl (C=O) groups excluding carboxylic acids is 1. The van der Waals surface area contributed by atoms with Crippen molar-refractivity contribution in [2.45, 2.75) is 12.8 Å². The standard InChI is InChI=1S/C17H18N2OS/c1-18-10-14(13-4-2-3-5-15(13)18)17(20)19-8-6-12-7-9-21-16(12)11-19/h2-5,10-12H,6-9H2,1H3. The monoisotopic (exact) mass is 298 g/mol. The molecule has 1 aromatic carbocycles. The molecule has 0 bridgehead atoms. The van der Waals surface area contributed by atoms with Crippen LogP contribution in [0.2, 0.25) is 0 Å². The Morgan fingerprint density at radius 2 is 2.14 bits per heavy atom. The van der Waals surface area contributed by atoms with Gasteiger partial charge < -0.3 is 9.47 Å². The zero-order chi connectivity index (χ0) is 14.4. The van der Waals surface area contributed by atoms with Crippen LogP contribution in [0.1, 0.15) is 23.2 Å². The highest BCUT2D eigenvalue weighted by Gasteiger charge is 2.29. The summed E-state index contributed by atoms with van der Waals surface area (Å²) in [6.07, 6.45) is 6.43. The number of carbonyl (C=O) groups is 1. The topological polar surface area (TPSA) is 25.2 Å². The summed E-state index contributed by atoms with van der Waals surface area (Å²) in [5.41, 5.74) is 1.92. The van der Waals surface area contributed by atoms with Crippen molar-refractivity contribution in [2.75, 3.05) is 12.3 Å². The number of benzene rings is 1. The predicted octanol–water partition coefficient (Wildman–Crippen LogP) is 3.62. The Hall–Kier alpha value is -1.68. The minimum atomic E-state index is 0.130. The molecule has 0 N–H and O–H groups in total. The van der Waals surface area contributed by atoms with Crippen molar-refractivity contribution in [2.24, 2.45) is 13.0 Å². The van der Waals surface area contributed by atoms with E-state index in [-0.39, 0.29) is 5.91 Å². The molecule has 21 heavy (non-hydrogen) atoms. The lowest BCUT2D eigenvalue weighted by atomic mass is 9.99. The van der Waals surface area contributed by atoms with Crippen molar-refractivity contribution in [1.82, 2.24) is 9.47 Å². The average molecular weight is 298 g/mol. The van der Waals surface area contributed by atoms with E-state index in [4.69, 9.17) is 0 Å². The summed E-state index contributed by atoms with van der Waals surface area (Å²) < 4.78 is 2.03. The summed E-state index contributed by atoms with van der Waals surface area (Å²) >= 11 is 1.91. The summed E-state index contributed by atoms with van der Waals surface area (Å²) in [7, 11) is 2.00. The van der Waals surface area contributed by atoms with Gasteiger partial charge in [-0.15, -0.1) is 11.8 Å². The largest absolute Gasteiger partial charge is 0.350 e. The van der Waals surface area contributed by atoms with Gasteiger partial charge >= 0.3 is 0 Å². The number of amides is 1. The van der Waals surface area contributed by atoms with Crippen LogP contribution < -0.4 is 0 Å². The third kappa shape index (κ3) is 2.09. The lowest BCUT2D eigenvalue weighted by Crippen LogP contribution is -2.31. The zero-order valence-electron chi connectivity index (χ0n) is 12.1. The van der Waals surface area contributed by atoms with Gasteiger partial charge in [0.05, 0.1) is 5.56 Å². The number of para-hydroxylation sites is 1. The van der Waals surface area contributed by atoms with Gasteiger partial charge in [0.25, 0.3) is 5.91 Å². The van der Waals surface area contributed by atoms with Crippen molar-refractivity contribution in [3.63, 3.8) is 0 Å². The van der Waals surface area contributed by atoms with Gasteiger partial charge in [-0.2, -0.15) is 0 Å². The van der Waals surface area contributed by atoms with Crippen LogP contribution in [0.3, 0.4) is 0 Å². The maximum absolute atomic E-state index is 12.9. The summed E-state index contributed by atoms with van der Waals surface area (Å²) in [6.45, 7) is 0.844. The van der Waals surface area contributed by atoms with E-state index in [0.717, 1.165) is 29.4 Å². The van der Waals surface area contributed by atoms with Gasteiger partial charge in [-0.3, -0.25) is 4.79 Å². The van der Waals surface area contributed by atoms with E-state index in [1.165, 1.54) is 17.1 Å². The number of rotatable bonds is 1. The third-order valence-electron chi connectivity index (χ3n) is 4.53. The van der Waals surface area contributed by atoms with Crippen molar-refractivity contribution >= 4 is 28.6 Å². The van der Waals surface area contributed by atoms with Crippen molar-refractivity contribution < 1.29 is 4.79 Å². The van der Waals surface area contributed by atoms with Gasteiger partial charge in [0.2, 0.25) is 0 Å². The molecule has 2 aliphatic rings. The first-order valence-corrected chi connectivity index (χ1v) is 8.42. The van der Waals surface area contributed by atoms with Crippen molar-refractivity contribution in [1.29, 1.82) is 0 Å². The number of thioether (sulfide) groups is 1. The van der Waals surface area contributed by atoms with Crippen molar-refractivity contribution in [3.05, 3.63) is 47.1 Å². The van der Waals surface area contributed by atoms with Crippen LogP contribution in [0, 0.1) is 5.92 Å². The molecule has 1 amide bonds. The lowest BCUT2D eigenvalue weighted by molar-refractivity contribution is 0.0809. The fourth-order valence-electron chi connectivity index (χ4n) is 3.35.